The minimum absolute atomic E-state index is 0.172. The molecule has 0 radical (unpaired) electrons. The Bertz CT molecular complexity index is 988. The van der Waals surface area contributed by atoms with Crippen LogP contribution in [0.2, 0.25) is 0 Å². The van der Waals surface area contributed by atoms with Gasteiger partial charge in [0.15, 0.2) is 0 Å². The highest BCUT2D eigenvalue weighted by Crippen LogP contribution is 2.20. The van der Waals surface area contributed by atoms with E-state index >= 15 is 0 Å². The van der Waals surface area contributed by atoms with Crippen LogP contribution >= 0.6 is 0 Å². The van der Waals surface area contributed by atoms with Crippen LogP contribution in [0.3, 0.4) is 0 Å². The molecule has 0 saturated carbocycles. The Morgan fingerprint density at radius 3 is 2.26 bits per heavy atom. The molecule has 2 amide bonds. The van der Waals surface area contributed by atoms with Crippen molar-refractivity contribution in [1.29, 1.82) is 0 Å². The van der Waals surface area contributed by atoms with E-state index in [4.69, 9.17) is 9.47 Å². The molecule has 6 nitrogen and oxygen atoms in total. The molecule has 0 aliphatic heterocycles. The smallest absolute Gasteiger partial charge is 0.259 e. The van der Waals surface area contributed by atoms with E-state index in [0.717, 1.165) is 5.56 Å². The van der Waals surface area contributed by atoms with Gasteiger partial charge in [0.05, 0.1) is 12.2 Å². The number of nitrogens with one attached hydrogen (secondary N) is 2. The predicted octanol–water partition coefficient (Wildman–Crippen LogP) is 4.28. The minimum Gasteiger partial charge on any atom is -0.490 e. The Hall–Kier alpha value is -3.64. The van der Waals surface area contributed by atoms with Gasteiger partial charge in [0.25, 0.3) is 11.8 Å². The number of hydrogen-bond acceptors (Lipinski definition) is 4. The number of rotatable bonds is 10. The van der Waals surface area contributed by atoms with Crippen LogP contribution < -0.4 is 15.4 Å². The summed E-state index contributed by atoms with van der Waals surface area (Å²) >= 11 is 0. The molecule has 0 heterocycles. The first-order chi connectivity index (χ1) is 15.2. The molecule has 0 bridgehead atoms. The molecule has 0 spiro atoms. The van der Waals surface area contributed by atoms with Crippen molar-refractivity contribution < 1.29 is 19.1 Å². The van der Waals surface area contributed by atoms with Crippen molar-refractivity contribution in [3.63, 3.8) is 0 Å². The van der Waals surface area contributed by atoms with Gasteiger partial charge in [0, 0.05) is 24.4 Å². The van der Waals surface area contributed by atoms with Crippen molar-refractivity contribution in [2.75, 3.05) is 25.1 Å². The largest absolute Gasteiger partial charge is 0.490 e. The predicted molar refractivity (Wildman–Crippen MR) is 120 cm³/mol. The quantitative estimate of drug-likeness (QED) is 0.482. The lowest BCUT2D eigenvalue weighted by atomic mass is 10.1. The second-order valence-electron chi connectivity index (χ2n) is 6.74. The van der Waals surface area contributed by atoms with Crippen LogP contribution in [0.5, 0.6) is 5.75 Å². The fourth-order valence-corrected chi connectivity index (χ4v) is 2.92. The van der Waals surface area contributed by atoms with Gasteiger partial charge in [-0.3, -0.25) is 9.59 Å². The van der Waals surface area contributed by atoms with E-state index in [1.165, 1.54) is 0 Å². The molecule has 160 valence electrons. The molecule has 3 aromatic rings. The van der Waals surface area contributed by atoms with Gasteiger partial charge in [-0.15, -0.1) is 0 Å². The number of benzene rings is 3. The highest BCUT2D eigenvalue weighted by Gasteiger charge is 2.13. The summed E-state index contributed by atoms with van der Waals surface area (Å²) in [6.45, 7) is 3.81. The number of hydrogen-bond donors (Lipinski definition) is 2. The molecule has 0 aliphatic carbocycles. The number of amides is 2. The Balaban J connectivity index is 1.57. The second kappa shape index (κ2) is 11.5. The molecule has 3 rings (SSSR count). The lowest BCUT2D eigenvalue weighted by molar-refractivity contribution is 0.0950. The van der Waals surface area contributed by atoms with Crippen LogP contribution in [-0.2, 0) is 11.3 Å². The van der Waals surface area contributed by atoms with Gasteiger partial charge in [0.2, 0.25) is 0 Å². The van der Waals surface area contributed by atoms with Crippen molar-refractivity contribution in [3.8, 4) is 5.75 Å². The average molecular weight is 418 g/mol. The zero-order valence-corrected chi connectivity index (χ0v) is 17.5. The number of para-hydroxylation sites is 1. The summed E-state index contributed by atoms with van der Waals surface area (Å²) in [6, 6.07) is 23.5. The number of carbonyl (C=O) groups excluding carboxylic acids is 2. The fraction of sp³-hybridized carbons (Fsp3) is 0.200. The summed E-state index contributed by atoms with van der Waals surface area (Å²) in [5, 5.41) is 5.73. The summed E-state index contributed by atoms with van der Waals surface area (Å²) in [5.41, 5.74) is 2.58. The second-order valence-corrected chi connectivity index (χ2v) is 6.74. The van der Waals surface area contributed by atoms with Crippen LogP contribution in [0.15, 0.2) is 78.9 Å². The lowest BCUT2D eigenvalue weighted by Gasteiger charge is -2.12. The Kier molecular flexibility index (Phi) is 8.20. The van der Waals surface area contributed by atoms with Crippen molar-refractivity contribution in [2.24, 2.45) is 0 Å². The van der Waals surface area contributed by atoms with Crippen molar-refractivity contribution in [3.05, 3.63) is 95.6 Å². The molecule has 2 N–H and O–H groups in total. The van der Waals surface area contributed by atoms with E-state index in [9.17, 15) is 9.59 Å². The molecule has 0 atom stereocenters. The third-order valence-corrected chi connectivity index (χ3v) is 4.52. The monoisotopic (exact) mass is 418 g/mol. The molecule has 0 aliphatic rings. The summed E-state index contributed by atoms with van der Waals surface area (Å²) in [7, 11) is 0. The first-order valence-corrected chi connectivity index (χ1v) is 10.2. The molecule has 0 aromatic heterocycles. The Labute approximate surface area is 182 Å². The Morgan fingerprint density at radius 2 is 1.52 bits per heavy atom. The van der Waals surface area contributed by atoms with E-state index < -0.39 is 0 Å². The first-order valence-electron chi connectivity index (χ1n) is 10.2. The van der Waals surface area contributed by atoms with Gasteiger partial charge in [-0.25, -0.2) is 0 Å². The van der Waals surface area contributed by atoms with Gasteiger partial charge < -0.3 is 20.1 Å². The lowest BCUT2D eigenvalue weighted by Crippen LogP contribution is -2.22. The highest BCUT2D eigenvalue weighted by atomic mass is 16.5. The molecule has 3 aromatic carbocycles. The standard InChI is InChI=1S/C25H26N2O4/c1-2-30-16-17-31-23-11-7-6-10-22(23)25(29)27-21-14-12-20(13-15-21)24(28)26-18-19-8-4-3-5-9-19/h3-15H,2,16-18H2,1H3,(H,26,28)(H,27,29). The normalized spacial score (nSPS) is 10.4. The third kappa shape index (κ3) is 6.69. The van der Waals surface area contributed by atoms with Crippen LogP contribution in [0.4, 0.5) is 5.69 Å². The van der Waals surface area contributed by atoms with E-state index in [1.54, 1.807) is 42.5 Å². The molecule has 0 fully saturated rings. The van der Waals surface area contributed by atoms with Crippen LogP contribution in [0.25, 0.3) is 0 Å². The summed E-state index contributed by atoms with van der Waals surface area (Å²) in [4.78, 5) is 25.0. The van der Waals surface area contributed by atoms with Gasteiger partial charge in [0.1, 0.15) is 12.4 Å². The Morgan fingerprint density at radius 1 is 0.806 bits per heavy atom. The fourth-order valence-electron chi connectivity index (χ4n) is 2.92. The zero-order chi connectivity index (χ0) is 21.9. The van der Waals surface area contributed by atoms with Gasteiger partial charge >= 0.3 is 0 Å². The van der Waals surface area contributed by atoms with Crippen molar-refractivity contribution >= 4 is 17.5 Å². The molecule has 31 heavy (non-hydrogen) atoms. The highest BCUT2D eigenvalue weighted by molar-refractivity contribution is 6.06. The first kappa shape index (κ1) is 22.1. The van der Waals surface area contributed by atoms with E-state index in [2.05, 4.69) is 10.6 Å². The maximum Gasteiger partial charge on any atom is 0.259 e. The zero-order valence-electron chi connectivity index (χ0n) is 17.5. The van der Waals surface area contributed by atoms with Crippen LogP contribution in [0.1, 0.15) is 33.2 Å². The molecule has 6 heteroatoms. The maximum atomic E-state index is 12.7. The number of carbonyl (C=O) groups is 2. The topological polar surface area (TPSA) is 76.7 Å². The van der Waals surface area contributed by atoms with E-state index in [-0.39, 0.29) is 11.8 Å². The summed E-state index contributed by atoms with van der Waals surface area (Å²) < 4.78 is 10.9. The van der Waals surface area contributed by atoms with Crippen molar-refractivity contribution in [1.82, 2.24) is 5.32 Å². The van der Waals surface area contributed by atoms with E-state index in [1.807, 2.05) is 43.3 Å². The van der Waals surface area contributed by atoms with Gasteiger partial charge in [-0.05, 0) is 48.9 Å². The number of anilines is 1. The minimum atomic E-state index is -0.284. The summed E-state index contributed by atoms with van der Waals surface area (Å²) in [5.74, 6) is 0.0414. The SMILES string of the molecule is CCOCCOc1ccccc1C(=O)Nc1ccc(C(=O)NCc2ccccc2)cc1. The summed E-state index contributed by atoms with van der Waals surface area (Å²) in [6.07, 6.45) is 0. The maximum absolute atomic E-state index is 12.7. The number of ether oxygens (including phenoxy) is 2. The molecular formula is C25H26N2O4. The van der Waals surface area contributed by atoms with Crippen LogP contribution in [0, 0.1) is 0 Å². The van der Waals surface area contributed by atoms with Crippen molar-refractivity contribution in [2.45, 2.75) is 13.5 Å². The molecule has 0 saturated heterocycles. The van der Waals surface area contributed by atoms with E-state index in [0.29, 0.717) is 48.9 Å². The molecular weight excluding hydrogens is 392 g/mol. The van der Waals surface area contributed by atoms with Gasteiger partial charge in [-0.2, -0.15) is 0 Å². The average Bonchev–Trinajstić information content (AvgIpc) is 2.81. The van der Waals surface area contributed by atoms with Crippen LogP contribution in [-0.4, -0.2) is 31.6 Å². The third-order valence-electron chi connectivity index (χ3n) is 4.52. The molecule has 0 unspecified atom stereocenters. The van der Waals surface area contributed by atoms with Gasteiger partial charge in [-0.1, -0.05) is 42.5 Å².